The van der Waals surface area contributed by atoms with Crippen molar-refractivity contribution >= 4 is 39.0 Å². The number of nitrogens with one attached hydrogen (secondary N) is 1. The van der Waals surface area contributed by atoms with Gasteiger partial charge in [0.05, 0.1) is 17.0 Å². The molecule has 0 fully saturated rings. The minimum absolute atomic E-state index is 0.0109. The van der Waals surface area contributed by atoms with E-state index in [1.54, 1.807) is 55.5 Å². The predicted octanol–water partition coefficient (Wildman–Crippen LogP) is 5.58. The van der Waals surface area contributed by atoms with E-state index in [2.05, 4.69) is 12.2 Å². The minimum Gasteiger partial charge on any atom is -0.492 e. The molecule has 7 N–H and O–H groups in total. The molecule has 0 aromatic heterocycles. The number of hydrogen-bond donors (Lipinski definition) is 4. The van der Waals surface area contributed by atoms with Gasteiger partial charge in [0, 0.05) is 80.6 Å². The molecule has 3 aromatic carbocycles. The number of benzene rings is 3. The lowest BCUT2D eigenvalue weighted by atomic mass is 9.88. The topological polar surface area (TPSA) is 255 Å². The van der Waals surface area contributed by atoms with E-state index in [1.165, 1.54) is 24.4 Å². The van der Waals surface area contributed by atoms with Gasteiger partial charge in [-0.3, -0.25) is 24.0 Å². The number of fused-ring (bicyclic) bond motifs is 5. The van der Waals surface area contributed by atoms with Crippen LogP contribution in [-0.2, 0) is 41.9 Å². The van der Waals surface area contributed by atoms with Crippen LogP contribution in [0, 0.1) is 23.2 Å². The Hall–Kier alpha value is -5.47. The third-order valence-electron chi connectivity index (χ3n) is 11.9. The van der Waals surface area contributed by atoms with Gasteiger partial charge in [-0.05, 0) is 85.3 Å². The molecule has 0 saturated heterocycles. The maximum Gasteiger partial charge on any atom is 0.226 e. The van der Waals surface area contributed by atoms with Gasteiger partial charge >= 0.3 is 0 Å². The molecule has 0 radical (unpaired) electrons. The SMILES string of the molecule is CCCCCCCCc1ccc(C(=O)C[C@@H](CCN)C(=O)N(C)[C@@H]2C(=O)C[C@@H](C)C(=O)N[C@H](C(=O)CCC#N)Cc3ccc(OCCN)c(c3)-c3cc2ccc3OCCN)c(S(C)(=O)=O)c1. The first kappa shape index (κ1) is 53.1. The van der Waals surface area contributed by atoms with Gasteiger partial charge < -0.3 is 36.9 Å². The Morgan fingerprint density at radius 1 is 0.879 bits per heavy atom. The smallest absolute Gasteiger partial charge is 0.226 e. The fourth-order valence-corrected chi connectivity index (χ4v) is 9.29. The van der Waals surface area contributed by atoms with Crippen molar-refractivity contribution < 1.29 is 41.9 Å². The molecule has 4 rings (SSSR count). The summed E-state index contributed by atoms with van der Waals surface area (Å²) in [6.45, 7) is 4.41. The van der Waals surface area contributed by atoms with E-state index in [9.17, 15) is 37.7 Å². The Kier molecular flexibility index (Phi) is 21.0. The van der Waals surface area contributed by atoms with Crippen LogP contribution in [0.3, 0.4) is 0 Å². The maximum absolute atomic E-state index is 14.8. The zero-order chi connectivity index (χ0) is 48.4. The van der Waals surface area contributed by atoms with Crippen molar-refractivity contribution in [2.75, 3.05) is 46.2 Å². The molecule has 1 aliphatic rings. The molecule has 0 aliphatic carbocycles. The minimum atomic E-state index is -3.85. The van der Waals surface area contributed by atoms with Gasteiger partial charge in [0.25, 0.3) is 0 Å². The summed E-state index contributed by atoms with van der Waals surface area (Å²) in [5.74, 6) is -3.78. The van der Waals surface area contributed by atoms with Crippen molar-refractivity contribution in [2.45, 2.75) is 114 Å². The number of aryl methyl sites for hydroxylation is 1. The van der Waals surface area contributed by atoms with Crippen LogP contribution in [0.1, 0.15) is 118 Å². The molecule has 1 aliphatic heterocycles. The predicted molar refractivity (Wildman–Crippen MR) is 254 cm³/mol. The summed E-state index contributed by atoms with van der Waals surface area (Å²) >= 11 is 0. The summed E-state index contributed by atoms with van der Waals surface area (Å²) in [4.78, 5) is 72.1. The second kappa shape index (κ2) is 26.0. The lowest BCUT2D eigenvalue weighted by Gasteiger charge is -2.32. The monoisotopic (exact) mass is 928 g/mol. The highest BCUT2D eigenvalue weighted by molar-refractivity contribution is 7.90. The molecule has 4 bridgehead atoms. The number of likely N-dealkylation sites (N-methyl/N-ethyl adjacent to an activating group) is 1. The van der Waals surface area contributed by atoms with Gasteiger partial charge in [-0.2, -0.15) is 5.26 Å². The van der Waals surface area contributed by atoms with E-state index in [1.807, 2.05) is 6.07 Å². The quantitative estimate of drug-likeness (QED) is 0.0633. The van der Waals surface area contributed by atoms with Gasteiger partial charge in [0.15, 0.2) is 27.2 Å². The number of sulfone groups is 1. The molecule has 0 spiro atoms. The number of carbonyl (C=O) groups excluding carboxylic acids is 5. The fraction of sp³-hybridized carbons (Fsp3) is 0.520. The molecular formula is C50H68N6O9S. The Labute approximate surface area is 390 Å². The molecule has 0 saturated carbocycles. The molecular weight excluding hydrogens is 861 g/mol. The molecule has 66 heavy (non-hydrogen) atoms. The van der Waals surface area contributed by atoms with E-state index in [0.29, 0.717) is 40.2 Å². The standard InChI is InChI=1S/C50H68N6O9S/c1-5-6-7-8-9-10-12-34-14-17-38(47(30-34)66(4,62)63)43(58)32-37(20-22-52)50(61)56(3)48-36-16-19-46(65-26-24-54)40(31-36)39-28-35(15-18-45(39)64-25-23-53)29-41(42(57)13-11-21-51)55-49(60)33(2)27-44(48)59/h14-19,28,30-31,33,37,41,48H,5-13,20,22-27,29,32,52-54H2,1-4H3,(H,55,60)/t33-,37-,41+,48+/m1/s1. The summed E-state index contributed by atoms with van der Waals surface area (Å²) in [7, 11) is -2.40. The molecule has 4 atom stereocenters. The first-order chi connectivity index (χ1) is 31.6. The fourth-order valence-electron chi connectivity index (χ4n) is 8.34. The summed E-state index contributed by atoms with van der Waals surface area (Å²) in [5.41, 5.74) is 20.5. The number of ketones is 3. The van der Waals surface area contributed by atoms with Crippen molar-refractivity contribution in [3.8, 4) is 28.7 Å². The van der Waals surface area contributed by atoms with Gasteiger partial charge in [-0.1, -0.05) is 64.2 Å². The molecule has 358 valence electrons. The highest BCUT2D eigenvalue weighted by atomic mass is 32.2. The number of hydrogen-bond acceptors (Lipinski definition) is 13. The van der Waals surface area contributed by atoms with Crippen LogP contribution in [-0.4, -0.2) is 94.7 Å². The maximum atomic E-state index is 14.8. The number of nitrogens with zero attached hydrogens (tertiary/aromatic N) is 2. The van der Waals surface area contributed by atoms with E-state index in [0.717, 1.165) is 43.9 Å². The number of carbonyl (C=O) groups is 5. The number of Topliss-reactive ketones (excluding diaryl/α,β-unsaturated/α-hetero) is 3. The second-order valence-corrected chi connectivity index (χ2v) is 19.2. The van der Waals surface area contributed by atoms with Crippen molar-refractivity contribution in [3.63, 3.8) is 0 Å². The number of nitrogens with two attached hydrogens (primary N) is 3. The number of ether oxygens (including phenoxy) is 2. The highest BCUT2D eigenvalue weighted by Crippen LogP contribution is 2.41. The lowest BCUT2D eigenvalue weighted by molar-refractivity contribution is -0.142. The largest absolute Gasteiger partial charge is 0.492 e. The van der Waals surface area contributed by atoms with E-state index in [-0.39, 0.29) is 87.6 Å². The Morgan fingerprint density at radius 3 is 2.17 bits per heavy atom. The van der Waals surface area contributed by atoms with Crippen LogP contribution in [0.2, 0.25) is 0 Å². The van der Waals surface area contributed by atoms with Gasteiger partial charge in [0.2, 0.25) is 11.8 Å². The van der Waals surface area contributed by atoms with Crippen molar-refractivity contribution in [1.82, 2.24) is 10.2 Å². The van der Waals surface area contributed by atoms with Crippen LogP contribution in [0.25, 0.3) is 11.1 Å². The molecule has 2 amide bonds. The number of nitriles is 1. The van der Waals surface area contributed by atoms with E-state index in [4.69, 9.17) is 26.7 Å². The van der Waals surface area contributed by atoms with Crippen molar-refractivity contribution in [3.05, 3.63) is 76.9 Å². The number of amides is 2. The highest BCUT2D eigenvalue weighted by Gasteiger charge is 2.36. The first-order valence-corrected chi connectivity index (χ1v) is 25.0. The van der Waals surface area contributed by atoms with Crippen LogP contribution in [0.15, 0.2) is 59.5 Å². The zero-order valence-electron chi connectivity index (χ0n) is 38.9. The van der Waals surface area contributed by atoms with E-state index < -0.39 is 57.1 Å². The van der Waals surface area contributed by atoms with Crippen molar-refractivity contribution in [1.29, 1.82) is 5.26 Å². The summed E-state index contributed by atoms with van der Waals surface area (Å²) in [6.07, 6.45) is 7.42. The van der Waals surface area contributed by atoms with Crippen LogP contribution < -0.4 is 32.0 Å². The normalized spacial score (nSPS) is 16.9. The van der Waals surface area contributed by atoms with Gasteiger partial charge in [0.1, 0.15) is 30.8 Å². The molecule has 3 aromatic rings. The summed E-state index contributed by atoms with van der Waals surface area (Å²) in [6, 6.07) is 14.8. The lowest BCUT2D eigenvalue weighted by Crippen LogP contribution is -2.46. The Morgan fingerprint density at radius 2 is 1.53 bits per heavy atom. The first-order valence-electron chi connectivity index (χ1n) is 23.1. The zero-order valence-corrected chi connectivity index (χ0v) is 39.8. The van der Waals surface area contributed by atoms with Gasteiger partial charge in [-0.15, -0.1) is 0 Å². The second-order valence-electron chi connectivity index (χ2n) is 17.2. The van der Waals surface area contributed by atoms with Gasteiger partial charge in [-0.25, -0.2) is 8.42 Å². The third kappa shape index (κ3) is 14.8. The molecule has 0 unspecified atom stereocenters. The Balaban J connectivity index is 1.81. The third-order valence-corrected chi connectivity index (χ3v) is 13.0. The van der Waals surface area contributed by atoms with Crippen LogP contribution in [0.4, 0.5) is 0 Å². The molecule has 15 nitrogen and oxygen atoms in total. The van der Waals surface area contributed by atoms with Crippen LogP contribution in [0.5, 0.6) is 11.5 Å². The van der Waals surface area contributed by atoms with E-state index >= 15 is 0 Å². The average Bonchev–Trinajstić information content (AvgIpc) is 3.29. The van der Waals surface area contributed by atoms with Crippen LogP contribution >= 0.6 is 0 Å². The molecule has 1 heterocycles. The van der Waals surface area contributed by atoms with Crippen molar-refractivity contribution in [2.24, 2.45) is 29.0 Å². The summed E-state index contributed by atoms with van der Waals surface area (Å²) < 4.78 is 38.5. The number of rotatable bonds is 24. The summed E-state index contributed by atoms with van der Waals surface area (Å²) in [5, 5.41) is 12.1. The Bertz CT molecular complexity index is 2330. The molecule has 16 heteroatoms. The average molecular weight is 929 g/mol. The number of unbranched alkanes of at least 4 members (excludes halogenated alkanes) is 5.